The van der Waals surface area contributed by atoms with E-state index < -0.39 is 12.0 Å². The average molecular weight is 372 g/mol. The molecule has 0 aromatic heterocycles. The number of hydrogen-bond acceptors (Lipinski definition) is 6. The minimum Gasteiger partial charge on any atom is -0.507 e. The lowest BCUT2D eigenvalue weighted by Gasteiger charge is -2.18. The molecule has 27 heavy (non-hydrogen) atoms. The lowest BCUT2D eigenvalue weighted by molar-refractivity contribution is 0.0997. The van der Waals surface area contributed by atoms with Crippen LogP contribution in [-0.4, -0.2) is 35.5 Å². The Labute approximate surface area is 157 Å². The summed E-state index contributed by atoms with van der Waals surface area (Å²) in [6.07, 6.45) is 0.942. The third-order valence-corrected chi connectivity index (χ3v) is 4.63. The van der Waals surface area contributed by atoms with Gasteiger partial charge < -0.3 is 30.7 Å². The SMILES string of the molecule is C[C@H](CCc1ccc2c(c1)OCO2)NC[C@H](O)c1ccc(O)c(C(N)=O)c1. The van der Waals surface area contributed by atoms with Crippen LogP contribution in [0.5, 0.6) is 17.2 Å². The Morgan fingerprint density at radius 3 is 2.78 bits per heavy atom. The lowest BCUT2D eigenvalue weighted by Crippen LogP contribution is -2.31. The quantitative estimate of drug-likeness (QED) is 0.562. The summed E-state index contributed by atoms with van der Waals surface area (Å²) in [6, 6.07) is 10.5. The van der Waals surface area contributed by atoms with Crippen molar-refractivity contribution in [3.63, 3.8) is 0 Å². The summed E-state index contributed by atoms with van der Waals surface area (Å²) in [5.74, 6) is 0.633. The number of phenols is 1. The molecule has 1 amide bonds. The van der Waals surface area contributed by atoms with Gasteiger partial charge in [-0.1, -0.05) is 12.1 Å². The van der Waals surface area contributed by atoms with Crippen molar-refractivity contribution in [1.29, 1.82) is 0 Å². The number of benzene rings is 2. The molecule has 0 spiro atoms. The van der Waals surface area contributed by atoms with Crippen LogP contribution in [0.3, 0.4) is 0 Å². The van der Waals surface area contributed by atoms with Crippen LogP contribution in [0.1, 0.15) is 40.9 Å². The molecule has 7 nitrogen and oxygen atoms in total. The highest BCUT2D eigenvalue weighted by atomic mass is 16.7. The molecule has 1 aliphatic heterocycles. The van der Waals surface area contributed by atoms with Gasteiger partial charge in [-0.25, -0.2) is 0 Å². The van der Waals surface area contributed by atoms with Gasteiger partial charge in [-0.05, 0) is 55.2 Å². The highest BCUT2D eigenvalue weighted by molar-refractivity contribution is 5.95. The van der Waals surface area contributed by atoms with Crippen LogP contribution < -0.4 is 20.5 Å². The summed E-state index contributed by atoms with van der Waals surface area (Å²) in [7, 11) is 0. The Hall–Kier alpha value is -2.77. The summed E-state index contributed by atoms with van der Waals surface area (Å²) >= 11 is 0. The molecule has 2 aromatic carbocycles. The van der Waals surface area contributed by atoms with E-state index in [1.54, 1.807) is 6.07 Å². The molecule has 1 heterocycles. The maximum atomic E-state index is 11.3. The third kappa shape index (κ3) is 4.69. The molecule has 5 N–H and O–H groups in total. The summed E-state index contributed by atoms with van der Waals surface area (Å²) in [4.78, 5) is 11.3. The van der Waals surface area contributed by atoms with E-state index >= 15 is 0 Å². The van der Waals surface area contributed by atoms with Crippen molar-refractivity contribution in [2.24, 2.45) is 5.73 Å². The zero-order valence-corrected chi connectivity index (χ0v) is 15.1. The fourth-order valence-electron chi connectivity index (χ4n) is 2.97. The van der Waals surface area contributed by atoms with Gasteiger partial charge >= 0.3 is 0 Å². The number of rotatable bonds is 8. The standard InChI is InChI=1S/C20H24N2O5/c1-12(2-3-13-4-7-18-19(8-13)27-11-26-18)22-10-17(24)14-5-6-16(23)15(9-14)20(21)25/h4-9,12,17,22-24H,2-3,10-11H2,1H3,(H2,21,25)/t12-,17+/m1/s1. The van der Waals surface area contributed by atoms with E-state index in [9.17, 15) is 15.0 Å². The van der Waals surface area contributed by atoms with Crippen LogP contribution in [0.2, 0.25) is 0 Å². The fourth-order valence-corrected chi connectivity index (χ4v) is 2.97. The van der Waals surface area contributed by atoms with Gasteiger partial charge in [0.05, 0.1) is 11.7 Å². The predicted octanol–water partition coefficient (Wildman–Crippen LogP) is 1.86. The maximum absolute atomic E-state index is 11.3. The molecule has 0 fully saturated rings. The van der Waals surface area contributed by atoms with Crippen molar-refractivity contribution in [1.82, 2.24) is 5.32 Å². The highest BCUT2D eigenvalue weighted by Gasteiger charge is 2.15. The van der Waals surface area contributed by atoms with Gasteiger partial charge in [0.15, 0.2) is 11.5 Å². The summed E-state index contributed by atoms with van der Waals surface area (Å²) in [5, 5.41) is 23.2. The number of fused-ring (bicyclic) bond motifs is 1. The first kappa shape index (κ1) is 19.0. The molecular formula is C20H24N2O5. The molecule has 0 saturated carbocycles. The number of nitrogens with one attached hydrogen (secondary N) is 1. The Morgan fingerprint density at radius 2 is 2.00 bits per heavy atom. The van der Waals surface area contributed by atoms with Crippen LogP contribution >= 0.6 is 0 Å². The molecule has 0 radical (unpaired) electrons. The van der Waals surface area contributed by atoms with E-state index in [1.165, 1.54) is 12.1 Å². The van der Waals surface area contributed by atoms with Gasteiger partial charge in [0.25, 0.3) is 5.91 Å². The Kier molecular flexibility index (Phi) is 5.83. The van der Waals surface area contributed by atoms with Crippen LogP contribution in [-0.2, 0) is 6.42 Å². The van der Waals surface area contributed by atoms with E-state index in [4.69, 9.17) is 15.2 Å². The van der Waals surface area contributed by atoms with Gasteiger partial charge in [-0.15, -0.1) is 0 Å². The molecular weight excluding hydrogens is 348 g/mol. The maximum Gasteiger partial charge on any atom is 0.252 e. The molecule has 0 unspecified atom stereocenters. The first-order valence-corrected chi connectivity index (χ1v) is 8.86. The zero-order valence-electron chi connectivity index (χ0n) is 15.1. The van der Waals surface area contributed by atoms with Crippen molar-refractivity contribution in [3.8, 4) is 17.2 Å². The number of aryl methyl sites for hydroxylation is 1. The van der Waals surface area contributed by atoms with Crippen LogP contribution in [0.15, 0.2) is 36.4 Å². The molecule has 2 aromatic rings. The lowest BCUT2D eigenvalue weighted by atomic mass is 10.0. The smallest absolute Gasteiger partial charge is 0.252 e. The number of carbonyl (C=O) groups excluding carboxylic acids is 1. The first-order chi connectivity index (χ1) is 12.9. The van der Waals surface area contributed by atoms with Crippen molar-refractivity contribution in [3.05, 3.63) is 53.1 Å². The molecule has 0 saturated heterocycles. The van der Waals surface area contributed by atoms with Crippen LogP contribution in [0.25, 0.3) is 0 Å². The number of ether oxygens (including phenoxy) is 2. The van der Waals surface area contributed by atoms with Gasteiger partial charge in [-0.3, -0.25) is 4.79 Å². The average Bonchev–Trinajstić information content (AvgIpc) is 3.12. The number of aliphatic hydroxyl groups is 1. The summed E-state index contributed by atoms with van der Waals surface area (Å²) in [5.41, 5.74) is 6.91. The Morgan fingerprint density at radius 1 is 1.22 bits per heavy atom. The van der Waals surface area contributed by atoms with E-state index in [-0.39, 0.29) is 24.1 Å². The highest BCUT2D eigenvalue weighted by Crippen LogP contribution is 2.32. The van der Waals surface area contributed by atoms with Crippen molar-refractivity contribution < 1.29 is 24.5 Å². The number of aromatic hydroxyl groups is 1. The molecule has 3 rings (SSSR count). The second-order valence-corrected chi connectivity index (χ2v) is 6.69. The number of aliphatic hydroxyl groups excluding tert-OH is 1. The number of amides is 1. The first-order valence-electron chi connectivity index (χ1n) is 8.86. The molecule has 144 valence electrons. The Bertz CT molecular complexity index is 824. The van der Waals surface area contributed by atoms with E-state index in [1.807, 2.05) is 25.1 Å². The van der Waals surface area contributed by atoms with Gasteiger partial charge in [-0.2, -0.15) is 0 Å². The molecule has 7 heteroatoms. The van der Waals surface area contributed by atoms with E-state index in [0.717, 1.165) is 29.9 Å². The van der Waals surface area contributed by atoms with Gasteiger partial charge in [0, 0.05) is 12.6 Å². The number of nitrogens with two attached hydrogens (primary N) is 1. The van der Waals surface area contributed by atoms with Crippen molar-refractivity contribution in [2.45, 2.75) is 31.9 Å². The summed E-state index contributed by atoms with van der Waals surface area (Å²) < 4.78 is 10.7. The van der Waals surface area contributed by atoms with Crippen LogP contribution in [0, 0.1) is 0 Å². The predicted molar refractivity (Wildman–Crippen MR) is 99.9 cm³/mol. The molecule has 2 atom stereocenters. The van der Waals surface area contributed by atoms with Gasteiger partial charge in [0.1, 0.15) is 5.75 Å². The Balaban J connectivity index is 1.49. The van der Waals surface area contributed by atoms with E-state index in [2.05, 4.69) is 5.32 Å². The van der Waals surface area contributed by atoms with Gasteiger partial charge in [0.2, 0.25) is 6.79 Å². The largest absolute Gasteiger partial charge is 0.507 e. The number of carbonyl (C=O) groups is 1. The monoisotopic (exact) mass is 372 g/mol. The number of hydrogen-bond donors (Lipinski definition) is 4. The van der Waals surface area contributed by atoms with Crippen molar-refractivity contribution >= 4 is 5.91 Å². The normalized spacial score (nSPS) is 14.7. The molecule has 0 bridgehead atoms. The minimum absolute atomic E-state index is 0.00223. The third-order valence-electron chi connectivity index (χ3n) is 4.63. The second-order valence-electron chi connectivity index (χ2n) is 6.69. The zero-order chi connectivity index (χ0) is 19.4. The van der Waals surface area contributed by atoms with E-state index in [0.29, 0.717) is 12.1 Å². The minimum atomic E-state index is -0.809. The van der Waals surface area contributed by atoms with Crippen LogP contribution in [0.4, 0.5) is 0 Å². The molecule has 1 aliphatic rings. The summed E-state index contributed by atoms with van der Waals surface area (Å²) in [6.45, 7) is 2.64. The van der Waals surface area contributed by atoms with Crippen molar-refractivity contribution in [2.75, 3.05) is 13.3 Å². The number of primary amides is 1. The second kappa shape index (κ2) is 8.28. The molecule has 0 aliphatic carbocycles. The topological polar surface area (TPSA) is 114 Å². The fraction of sp³-hybridized carbons (Fsp3) is 0.350.